The number of nitrogens with zero attached hydrogens (tertiary/aromatic N) is 3. The smallest absolute Gasteiger partial charge is 0.213 e. The van der Waals surface area contributed by atoms with E-state index in [9.17, 15) is 5.11 Å². The molecule has 5 rings (SSSR count). The second kappa shape index (κ2) is 6.97. The van der Waals surface area contributed by atoms with Crippen molar-refractivity contribution in [1.29, 1.82) is 0 Å². The number of hydrazone groups is 1. The predicted octanol–water partition coefficient (Wildman–Crippen LogP) is 4.69. The molecular formula is C22H18ClN3O3. The fraction of sp³-hybridized carbons (Fsp3) is 0.182. The topological polar surface area (TPSA) is 67.2 Å². The normalized spacial score (nSPS) is 19.8. The molecule has 146 valence electrons. The Kier molecular flexibility index (Phi) is 4.28. The maximum Gasteiger partial charge on any atom is 0.213 e. The number of ether oxygens (including phenoxy) is 2. The van der Waals surface area contributed by atoms with Gasteiger partial charge in [-0.25, -0.2) is 5.01 Å². The molecule has 2 aliphatic heterocycles. The Morgan fingerprint density at radius 1 is 1.14 bits per heavy atom. The van der Waals surface area contributed by atoms with Gasteiger partial charge in [0.05, 0.1) is 18.9 Å². The molecule has 0 unspecified atom stereocenters. The molecule has 0 aliphatic carbocycles. The van der Waals surface area contributed by atoms with Gasteiger partial charge >= 0.3 is 0 Å². The summed E-state index contributed by atoms with van der Waals surface area (Å²) < 4.78 is 11.6. The lowest BCUT2D eigenvalue weighted by Crippen LogP contribution is -2.33. The SMILES string of the molecule is COc1cc(C2=NN3[C@H](C2)c2cc(Cl)ccc2O[C@H]3c2ccncc2)ccc1O. The number of methoxy groups -OCH3 is 1. The molecule has 0 amide bonds. The van der Waals surface area contributed by atoms with Gasteiger partial charge in [-0.1, -0.05) is 11.6 Å². The van der Waals surface area contributed by atoms with Crippen LogP contribution in [0.25, 0.3) is 0 Å². The molecular weight excluding hydrogens is 390 g/mol. The average molecular weight is 408 g/mol. The number of pyridine rings is 1. The first-order valence-electron chi connectivity index (χ1n) is 9.23. The van der Waals surface area contributed by atoms with Crippen LogP contribution in [0.3, 0.4) is 0 Å². The van der Waals surface area contributed by atoms with Crippen LogP contribution in [0.2, 0.25) is 5.02 Å². The van der Waals surface area contributed by atoms with E-state index in [0.29, 0.717) is 17.2 Å². The zero-order chi connectivity index (χ0) is 20.0. The average Bonchev–Trinajstić information content (AvgIpc) is 3.20. The van der Waals surface area contributed by atoms with Crippen LogP contribution in [0.1, 0.15) is 35.4 Å². The molecule has 1 N–H and O–H groups in total. The summed E-state index contributed by atoms with van der Waals surface area (Å²) in [5.74, 6) is 1.32. The molecule has 0 saturated carbocycles. The molecule has 2 aromatic carbocycles. The van der Waals surface area contributed by atoms with Crippen LogP contribution in [-0.2, 0) is 0 Å². The number of hydrogen-bond donors (Lipinski definition) is 1. The molecule has 0 bridgehead atoms. The Morgan fingerprint density at radius 2 is 1.97 bits per heavy atom. The molecule has 0 saturated heterocycles. The fourth-order valence-electron chi connectivity index (χ4n) is 3.84. The molecule has 0 spiro atoms. The zero-order valence-corrected chi connectivity index (χ0v) is 16.4. The minimum atomic E-state index is -0.367. The predicted molar refractivity (Wildman–Crippen MR) is 109 cm³/mol. The maximum absolute atomic E-state index is 9.92. The summed E-state index contributed by atoms with van der Waals surface area (Å²) in [6.45, 7) is 0. The van der Waals surface area contributed by atoms with Crippen molar-refractivity contribution < 1.29 is 14.6 Å². The van der Waals surface area contributed by atoms with Crippen molar-refractivity contribution in [2.75, 3.05) is 7.11 Å². The molecule has 3 heterocycles. The lowest BCUT2D eigenvalue weighted by Gasteiger charge is -2.38. The fourth-order valence-corrected chi connectivity index (χ4v) is 4.02. The first kappa shape index (κ1) is 17.8. The number of benzene rings is 2. The van der Waals surface area contributed by atoms with E-state index in [1.54, 1.807) is 24.5 Å². The summed E-state index contributed by atoms with van der Waals surface area (Å²) in [4.78, 5) is 4.11. The lowest BCUT2D eigenvalue weighted by molar-refractivity contribution is -0.0190. The second-order valence-electron chi connectivity index (χ2n) is 6.97. The third-order valence-corrected chi connectivity index (χ3v) is 5.49. The highest BCUT2D eigenvalue weighted by Gasteiger charge is 2.41. The van der Waals surface area contributed by atoms with Gasteiger partial charge in [-0.05, 0) is 48.5 Å². The van der Waals surface area contributed by atoms with E-state index >= 15 is 0 Å². The van der Waals surface area contributed by atoms with Crippen molar-refractivity contribution in [1.82, 2.24) is 9.99 Å². The van der Waals surface area contributed by atoms with Crippen molar-refractivity contribution in [3.63, 3.8) is 0 Å². The van der Waals surface area contributed by atoms with Crippen molar-refractivity contribution in [2.24, 2.45) is 5.10 Å². The van der Waals surface area contributed by atoms with Crippen LogP contribution < -0.4 is 9.47 Å². The molecule has 0 fully saturated rings. The van der Waals surface area contributed by atoms with Gasteiger partial charge in [0.25, 0.3) is 0 Å². The molecule has 3 aromatic rings. The summed E-state index contributed by atoms with van der Waals surface area (Å²) in [7, 11) is 1.53. The van der Waals surface area contributed by atoms with Gasteiger partial charge in [0.1, 0.15) is 5.75 Å². The Bertz CT molecular complexity index is 1100. The van der Waals surface area contributed by atoms with E-state index in [-0.39, 0.29) is 18.0 Å². The van der Waals surface area contributed by atoms with E-state index in [0.717, 1.165) is 28.2 Å². The van der Waals surface area contributed by atoms with E-state index in [4.69, 9.17) is 26.2 Å². The van der Waals surface area contributed by atoms with E-state index < -0.39 is 0 Å². The minimum Gasteiger partial charge on any atom is -0.504 e. The van der Waals surface area contributed by atoms with Gasteiger partial charge in [-0.2, -0.15) is 5.10 Å². The van der Waals surface area contributed by atoms with Gasteiger partial charge < -0.3 is 14.6 Å². The Morgan fingerprint density at radius 3 is 2.76 bits per heavy atom. The first-order valence-corrected chi connectivity index (χ1v) is 9.61. The largest absolute Gasteiger partial charge is 0.504 e. The molecule has 6 nitrogen and oxygen atoms in total. The Hall–Kier alpha value is -3.25. The Balaban J connectivity index is 1.60. The number of aromatic nitrogens is 1. The quantitative estimate of drug-likeness (QED) is 0.682. The Labute approximate surface area is 173 Å². The van der Waals surface area contributed by atoms with E-state index in [2.05, 4.69) is 4.98 Å². The van der Waals surface area contributed by atoms with Crippen molar-refractivity contribution in [2.45, 2.75) is 18.7 Å². The molecule has 2 aliphatic rings. The third kappa shape index (κ3) is 3.06. The van der Waals surface area contributed by atoms with Gasteiger partial charge in [0.2, 0.25) is 6.23 Å². The summed E-state index contributed by atoms with van der Waals surface area (Å²) in [6, 6.07) is 14.8. The molecule has 2 atom stereocenters. The number of fused-ring (bicyclic) bond motifs is 3. The molecule has 0 radical (unpaired) electrons. The van der Waals surface area contributed by atoms with Crippen molar-refractivity contribution >= 4 is 17.3 Å². The van der Waals surface area contributed by atoms with Crippen LogP contribution in [-0.4, -0.2) is 27.9 Å². The lowest BCUT2D eigenvalue weighted by atomic mass is 9.96. The van der Waals surface area contributed by atoms with Crippen LogP contribution in [0.4, 0.5) is 0 Å². The van der Waals surface area contributed by atoms with Crippen molar-refractivity contribution in [3.8, 4) is 17.2 Å². The highest BCUT2D eigenvalue weighted by molar-refractivity contribution is 6.30. The number of phenolic OH excluding ortho intramolecular Hbond substituents is 1. The number of phenols is 1. The minimum absolute atomic E-state index is 0.00888. The second-order valence-corrected chi connectivity index (χ2v) is 7.40. The molecule has 29 heavy (non-hydrogen) atoms. The maximum atomic E-state index is 9.92. The first-order chi connectivity index (χ1) is 14.1. The molecule has 1 aromatic heterocycles. The summed E-state index contributed by atoms with van der Waals surface area (Å²) in [5.41, 5.74) is 3.76. The van der Waals surface area contributed by atoms with Gasteiger partial charge in [0, 0.05) is 40.5 Å². The summed E-state index contributed by atoms with van der Waals surface area (Å²) in [5, 5.41) is 17.5. The summed E-state index contributed by atoms with van der Waals surface area (Å²) in [6.07, 6.45) is 3.81. The highest BCUT2D eigenvalue weighted by Crippen LogP contribution is 2.48. The molecule has 7 heteroatoms. The number of hydrogen-bond acceptors (Lipinski definition) is 6. The van der Waals surface area contributed by atoms with E-state index in [1.165, 1.54) is 7.11 Å². The zero-order valence-electron chi connectivity index (χ0n) is 15.6. The third-order valence-electron chi connectivity index (χ3n) is 5.26. The van der Waals surface area contributed by atoms with Crippen LogP contribution in [0.5, 0.6) is 17.2 Å². The van der Waals surface area contributed by atoms with Crippen LogP contribution >= 0.6 is 11.6 Å². The van der Waals surface area contributed by atoms with Gasteiger partial charge in [0.15, 0.2) is 11.5 Å². The van der Waals surface area contributed by atoms with Gasteiger partial charge in [-0.3, -0.25) is 4.98 Å². The van der Waals surface area contributed by atoms with Gasteiger partial charge in [-0.15, -0.1) is 0 Å². The number of halogens is 1. The highest BCUT2D eigenvalue weighted by atomic mass is 35.5. The van der Waals surface area contributed by atoms with Crippen molar-refractivity contribution in [3.05, 3.63) is 82.6 Å². The standard InChI is InChI=1S/C22H18ClN3O3/c1-28-21-10-14(2-4-19(21)27)17-12-18-16-11-15(23)3-5-20(16)29-22(26(18)25-17)13-6-8-24-9-7-13/h2-11,18,22,27H,12H2,1H3/t18-,22+/m1/s1. The van der Waals surface area contributed by atoms with E-state index in [1.807, 2.05) is 41.4 Å². The van der Waals surface area contributed by atoms with Crippen LogP contribution in [0, 0.1) is 0 Å². The summed E-state index contributed by atoms with van der Waals surface area (Å²) >= 11 is 6.27. The number of rotatable bonds is 3. The monoisotopic (exact) mass is 407 g/mol. The number of aromatic hydroxyl groups is 1. The van der Waals surface area contributed by atoms with Crippen LogP contribution in [0.15, 0.2) is 66.0 Å².